The Hall–Kier alpha value is -4.16. The van der Waals surface area contributed by atoms with Crippen molar-refractivity contribution in [2.45, 2.75) is 25.4 Å². The number of amides is 2. The van der Waals surface area contributed by atoms with Crippen LogP contribution in [0.4, 0.5) is 5.69 Å². The van der Waals surface area contributed by atoms with E-state index in [-0.39, 0.29) is 18.2 Å². The van der Waals surface area contributed by atoms with Crippen LogP contribution in [0.2, 0.25) is 0 Å². The lowest BCUT2D eigenvalue weighted by atomic mass is 10.1. The van der Waals surface area contributed by atoms with Crippen molar-refractivity contribution in [1.29, 1.82) is 5.26 Å². The van der Waals surface area contributed by atoms with E-state index in [1.165, 1.54) is 0 Å². The van der Waals surface area contributed by atoms with E-state index in [4.69, 9.17) is 4.74 Å². The number of nitrogens with one attached hydrogen (secondary N) is 1. The maximum Gasteiger partial charge on any atom is 0.249 e. The van der Waals surface area contributed by atoms with Gasteiger partial charge in [-0.15, -0.1) is 0 Å². The lowest BCUT2D eigenvalue weighted by molar-refractivity contribution is -0.126. The Labute approximate surface area is 215 Å². The number of imidazole rings is 1. The van der Waals surface area contributed by atoms with E-state index in [0.717, 1.165) is 32.2 Å². The molecular weight excluding hydrogens is 522 g/mol. The molecule has 6 rings (SSSR count). The maximum absolute atomic E-state index is 13.4. The summed E-state index contributed by atoms with van der Waals surface area (Å²) in [7, 11) is 0. The molecule has 1 aromatic heterocycles. The van der Waals surface area contributed by atoms with Gasteiger partial charge in [-0.05, 0) is 53.8 Å². The molecule has 1 N–H and O–H groups in total. The fraction of sp³-hybridized carbons (Fsp3) is 0.185. The van der Waals surface area contributed by atoms with Gasteiger partial charge < -0.3 is 19.5 Å². The normalized spacial score (nSPS) is 17.3. The van der Waals surface area contributed by atoms with E-state index in [2.05, 4.69) is 32.3 Å². The number of ether oxygens (including phenoxy) is 1. The highest BCUT2D eigenvalue weighted by molar-refractivity contribution is 9.10. The number of carbonyl (C=O) groups excluding carboxylic acids is 2. The van der Waals surface area contributed by atoms with Gasteiger partial charge in [-0.25, -0.2) is 4.98 Å². The molecule has 0 radical (unpaired) electrons. The van der Waals surface area contributed by atoms with Gasteiger partial charge in [0.15, 0.2) is 0 Å². The molecular formula is C27H20BrN5O3. The highest BCUT2D eigenvalue weighted by Crippen LogP contribution is 2.37. The number of nitrogens with zero attached hydrogens (tertiary/aromatic N) is 4. The molecule has 9 heteroatoms. The highest BCUT2D eigenvalue weighted by Gasteiger charge is 2.34. The Morgan fingerprint density at radius 1 is 1.14 bits per heavy atom. The molecule has 8 nitrogen and oxygen atoms in total. The summed E-state index contributed by atoms with van der Waals surface area (Å²) in [5.41, 5.74) is 2.78. The summed E-state index contributed by atoms with van der Waals surface area (Å²) in [6, 6.07) is 16.6. The van der Waals surface area contributed by atoms with Gasteiger partial charge in [0.2, 0.25) is 11.8 Å². The topological polar surface area (TPSA) is 100 Å². The second-order valence-corrected chi connectivity index (χ2v) is 9.86. The molecule has 0 spiro atoms. The van der Waals surface area contributed by atoms with E-state index in [1.54, 1.807) is 23.5 Å². The predicted molar refractivity (Wildman–Crippen MR) is 137 cm³/mol. The van der Waals surface area contributed by atoms with Crippen LogP contribution in [0, 0.1) is 11.3 Å². The van der Waals surface area contributed by atoms with Crippen LogP contribution in [0.15, 0.2) is 65.5 Å². The molecule has 6 bridgehead atoms. The summed E-state index contributed by atoms with van der Waals surface area (Å²) < 4.78 is 8.95. The van der Waals surface area contributed by atoms with Gasteiger partial charge in [0.25, 0.3) is 0 Å². The van der Waals surface area contributed by atoms with Crippen LogP contribution in [-0.2, 0) is 22.6 Å². The first-order chi connectivity index (χ1) is 17.5. The third-order valence-electron chi connectivity index (χ3n) is 6.59. The molecule has 2 aliphatic rings. The molecule has 2 aliphatic heterocycles. The van der Waals surface area contributed by atoms with Gasteiger partial charge in [-0.2, -0.15) is 5.26 Å². The van der Waals surface area contributed by atoms with Crippen LogP contribution in [0.3, 0.4) is 0 Å². The second-order valence-electron chi connectivity index (χ2n) is 8.94. The fourth-order valence-electron chi connectivity index (χ4n) is 4.83. The lowest BCUT2D eigenvalue weighted by Crippen LogP contribution is -2.42. The summed E-state index contributed by atoms with van der Waals surface area (Å²) >= 11 is 3.56. The Bertz CT molecular complexity index is 1590. The van der Waals surface area contributed by atoms with Crippen molar-refractivity contribution in [2.75, 3.05) is 11.4 Å². The van der Waals surface area contributed by atoms with Crippen LogP contribution in [0.25, 0.3) is 10.8 Å². The Morgan fingerprint density at radius 3 is 2.89 bits per heavy atom. The lowest BCUT2D eigenvalue weighted by Gasteiger charge is -2.20. The monoisotopic (exact) mass is 541 g/mol. The molecule has 1 saturated heterocycles. The predicted octanol–water partition coefficient (Wildman–Crippen LogP) is 4.29. The first-order valence-corrected chi connectivity index (χ1v) is 12.3. The van der Waals surface area contributed by atoms with Crippen molar-refractivity contribution in [2.24, 2.45) is 0 Å². The van der Waals surface area contributed by atoms with Crippen LogP contribution in [-0.4, -0.2) is 34.0 Å². The Balaban J connectivity index is 1.51. The number of aromatic nitrogens is 2. The maximum atomic E-state index is 13.4. The average molecular weight is 542 g/mol. The van der Waals surface area contributed by atoms with Gasteiger partial charge in [-0.1, -0.05) is 28.1 Å². The van der Waals surface area contributed by atoms with Crippen LogP contribution in [0.5, 0.6) is 11.5 Å². The van der Waals surface area contributed by atoms with Gasteiger partial charge in [0.1, 0.15) is 23.6 Å². The zero-order chi connectivity index (χ0) is 24.8. The van der Waals surface area contributed by atoms with Gasteiger partial charge in [0, 0.05) is 34.8 Å². The van der Waals surface area contributed by atoms with Crippen molar-refractivity contribution in [3.8, 4) is 17.6 Å². The molecule has 1 atom stereocenters. The number of rotatable bonds is 0. The number of carbonyl (C=O) groups is 2. The van der Waals surface area contributed by atoms with Gasteiger partial charge >= 0.3 is 0 Å². The number of hydrogen-bond donors (Lipinski definition) is 1. The van der Waals surface area contributed by atoms with Crippen molar-refractivity contribution in [1.82, 2.24) is 14.9 Å². The minimum absolute atomic E-state index is 0.103. The van der Waals surface area contributed by atoms with Crippen molar-refractivity contribution in [3.63, 3.8) is 0 Å². The Morgan fingerprint density at radius 2 is 2.03 bits per heavy atom. The summed E-state index contributed by atoms with van der Waals surface area (Å²) in [6.45, 7) is 0.940. The van der Waals surface area contributed by atoms with Gasteiger partial charge in [-0.3, -0.25) is 9.59 Å². The molecule has 0 aliphatic carbocycles. The number of hydrogen-bond acceptors (Lipinski definition) is 5. The number of nitriles is 1. The SMILES string of the molecule is N#Cc1ccc2cc1Oc1ccc3cc(Br)cc(c3c1)N1CC[C@H](NC(=O)Cc3cncn3C2)C1=O. The molecule has 3 heterocycles. The minimum atomic E-state index is -0.591. The van der Waals surface area contributed by atoms with Crippen LogP contribution < -0.4 is 15.0 Å². The number of halogens is 1. The van der Waals surface area contributed by atoms with Gasteiger partial charge in [0.05, 0.1) is 24.0 Å². The highest BCUT2D eigenvalue weighted by atomic mass is 79.9. The quantitative estimate of drug-likeness (QED) is 0.358. The largest absolute Gasteiger partial charge is 0.456 e. The number of anilines is 1. The molecule has 2 amide bonds. The zero-order valence-electron chi connectivity index (χ0n) is 19.1. The van der Waals surface area contributed by atoms with E-state index in [9.17, 15) is 14.9 Å². The first kappa shape index (κ1) is 22.3. The van der Waals surface area contributed by atoms with E-state index in [1.807, 2.05) is 47.0 Å². The molecule has 0 saturated carbocycles. The zero-order valence-corrected chi connectivity index (χ0v) is 20.7. The van der Waals surface area contributed by atoms with Crippen molar-refractivity contribution >= 4 is 44.2 Å². The molecule has 36 heavy (non-hydrogen) atoms. The Kier molecular flexibility index (Phi) is 5.46. The van der Waals surface area contributed by atoms with E-state index < -0.39 is 6.04 Å². The molecule has 4 aromatic rings. The summed E-state index contributed by atoms with van der Waals surface area (Å²) in [4.78, 5) is 32.2. The summed E-state index contributed by atoms with van der Waals surface area (Å²) in [5, 5.41) is 14.4. The molecule has 3 aromatic carbocycles. The smallest absolute Gasteiger partial charge is 0.249 e. The molecule has 178 valence electrons. The van der Waals surface area contributed by atoms with E-state index in [0.29, 0.717) is 36.6 Å². The first-order valence-electron chi connectivity index (χ1n) is 11.5. The molecule has 0 unspecified atom stereocenters. The second kappa shape index (κ2) is 8.81. The minimum Gasteiger partial charge on any atom is -0.456 e. The fourth-order valence-corrected chi connectivity index (χ4v) is 5.30. The third kappa shape index (κ3) is 3.99. The van der Waals surface area contributed by atoms with Crippen LogP contribution >= 0.6 is 15.9 Å². The van der Waals surface area contributed by atoms with Crippen LogP contribution in [0.1, 0.15) is 23.2 Å². The summed E-state index contributed by atoms with van der Waals surface area (Å²) in [6.07, 6.45) is 3.94. The van der Waals surface area contributed by atoms with Crippen molar-refractivity contribution in [3.05, 3.63) is 82.3 Å². The number of fused-ring (bicyclic) bond motifs is 7. The average Bonchev–Trinajstić information content (AvgIpc) is 3.44. The standard InChI is InChI=1S/C27H20BrN5O3/c28-19-8-17-3-4-21-11-22(17)24(9-19)33-6-5-23(27(33)35)31-26(34)10-20-13-30-15-32(20)14-16-1-2-18(12-29)25(7-16)36-21/h1-4,7-9,11,13,15,23H,5-6,10,14H2,(H,31,34)/t23-/m0/s1. The molecule has 1 fully saturated rings. The third-order valence-corrected chi connectivity index (χ3v) is 7.05. The number of benzene rings is 3. The summed E-state index contributed by atoms with van der Waals surface area (Å²) in [5.74, 6) is 0.620. The van der Waals surface area contributed by atoms with Crippen molar-refractivity contribution < 1.29 is 14.3 Å². The van der Waals surface area contributed by atoms with E-state index >= 15 is 0 Å².